The summed E-state index contributed by atoms with van der Waals surface area (Å²) in [4.78, 5) is 33.9. The number of rotatable bonds is 8. The van der Waals surface area contributed by atoms with Crippen LogP contribution in [0.5, 0.6) is 0 Å². The summed E-state index contributed by atoms with van der Waals surface area (Å²) in [6, 6.07) is 0. The van der Waals surface area contributed by atoms with Crippen LogP contribution >= 0.6 is 0 Å². The summed E-state index contributed by atoms with van der Waals surface area (Å²) >= 11 is 0. The molecule has 0 amide bonds. The summed E-state index contributed by atoms with van der Waals surface area (Å²) in [5.41, 5.74) is 0.0204. The molecule has 154 valence electrons. The normalized spacial score (nSPS) is 14.1. The third-order valence-corrected chi connectivity index (χ3v) is 3.41. The number of hydrogen-bond acceptors (Lipinski definition) is 6. The van der Waals surface area contributed by atoms with Gasteiger partial charge in [-0.3, -0.25) is 14.4 Å². The molecule has 0 aromatic heterocycles. The minimum Gasteiger partial charge on any atom is -0.454 e. The second-order valence-electron chi connectivity index (χ2n) is 6.91. The Morgan fingerprint density at radius 1 is 1.00 bits per heavy atom. The minimum absolute atomic E-state index is 0.284. The van der Waals surface area contributed by atoms with Gasteiger partial charge in [0.25, 0.3) is 0 Å². The van der Waals surface area contributed by atoms with Crippen LogP contribution in [0.4, 0.5) is 0 Å². The Hall–Kier alpha value is -2.81. The van der Waals surface area contributed by atoms with Crippen LogP contribution in [0, 0.1) is 17.8 Å². The Morgan fingerprint density at radius 3 is 2.11 bits per heavy atom. The molecule has 0 aliphatic carbocycles. The number of hydrogen-bond donors (Lipinski definition) is 0. The standard InChI is InChI=1S/C22H30O6/c1-16(2)9-8-10-17(3)11-13-22(7,28-20(6)25)21(15-27-19(5)24)12-14-26-18(4)23/h11-12,14-16H,9,13H2,1-7H3/b14-12+,17-11+,21-15-/t22-/m0/s1. The van der Waals surface area contributed by atoms with Gasteiger partial charge >= 0.3 is 17.9 Å². The van der Waals surface area contributed by atoms with Gasteiger partial charge in [0, 0.05) is 39.2 Å². The van der Waals surface area contributed by atoms with Crippen LogP contribution in [0.25, 0.3) is 0 Å². The van der Waals surface area contributed by atoms with Crippen molar-refractivity contribution in [3.05, 3.63) is 35.8 Å². The van der Waals surface area contributed by atoms with Crippen molar-refractivity contribution in [3.8, 4) is 11.8 Å². The monoisotopic (exact) mass is 390 g/mol. The van der Waals surface area contributed by atoms with Crippen LogP contribution in [0.2, 0.25) is 0 Å². The molecule has 0 aromatic carbocycles. The van der Waals surface area contributed by atoms with Crippen LogP contribution < -0.4 is 0 Å². The van der Waals surface area contributed by atoms with Crippen molar-refractivity contribution in [3.63, 3.8) is 0 Å². The minimum atomic E-state index is -1.15. The van der Waals surface area contributed by atoms with Crippen molar-refractivity contribution in [1.82, 2.24) is 0 Å². The number of carbonyl (C=O) groups excluding carboxylic acids is 3. The first-order valence-electron chi connectivity index (χ1n) is 9.03. The molecule has 0 bridgehead atoms. The molecule has 0 radical (unpaired) electrons. The molecular weight excluding hydrogens is 360 g/mol. The predicted octanol–water partition coefficient (Wildman–Crippen LogP) is 4.22. The van der Waals surface area contributed by atoms with E-state index in [-0.39, 0.29) is 6.42 Å². The van der Waals surface area contributed by atoms with E-state index in [4.69, 9.17) is 14.2 Å². The molecule has 0 aliphatic rings. The molecule has 0 fully saturated rings. The predicted molar refractivity (Wildman–Crippen MR) is 107 cm³/mol. The van der Waals surface area contributed by atoms with E-state index >= 15 is 0 Å². The lowest BCUT2D eigenvalue weighted by molar-refractivity contribution is -0.151. The highest BCUT2D eigenvalue weighted by molar-refractivity contribution is 5.68. The van der Waals surface area contributed by atoms with E-state index in [1.54, 1.807) is 6.92 Å². The lowest BCUT2D eigenvalue weighted by Gasteiger charge is -2.29. The highest BCUT2D eigenvalue weighted by Crippen LogP contribution is 2.28. The van der Waals surface area contributed by atoms with Crippen LogP contribution in [0.15, 0.2) is 35.8 Å². The number of esters is 3. The SMILES string of the molecule is CC(=O)O/C=C(/C=C/OC(C)=O)[C@](C)(C/C=C(\C)C#CCC(C)C)OC(C)=O. The van der Waals surface area contributed by atoms with Crippen LogP contribution in [0.3, 0.4) is 0 Å². The molecule has 0 spiro atoms. The van der Waals surface area contributed by atoms with Gasteiger partial charge in [0.15, 0.2) is 0 Å². The van der Waals surface area contributed by atoms with Gasteiger partial charge < -0.3 is 14.2 Å². The van der Waals surface area contributed by atoms with Crippen LogP contribution in [-0.4, -0.2) is 23.5 Å². The highest BCUT2D eigenvalue weighted by atomic mass is 16.6. The summed E-state index contributed by atoms with van der Waals surface area (Å²) in [5, 5.41) is 0. The Labute approximate surface area is 167 Å². The molecule has 0 saturated heterocycles. The van der Waals surface area contributed by atoms with E-state index in [1.165, 1.54) is 33.1 Å². The molecule has 0 unspecified atom stereocenters. The maximum atomic E-state index is 11.7. The largest absolute Gasteiger partial charge is 0.454 e. The summed E-state index contributed by atoms with van der Waals surface area (Å²) in [5.74, 6) is 5.10. The van der Waals surface area contributed by atoms with E-state index in [0.29, 0.717) is 11.5 Å². The second-order valence-corrected chi connectivity index (χ2v) is 6.91. The van der Waals surface area contributed by atoms with Gasteiger partial charge in [-0.05, 0) is 31.4 Å². The topological polar surface area (TPSA) is 78.9 Å². The zero-order valence-electron chi connectivity index (χ0n) is 17.8. The first kappa shape index (κ1) is 25.2. The third kappa shape index (κ3) is 11.7. The van der Waals surface area contributed by atoms with Crippen molar-refractivity contribution in [1.29, 1.82) is 0 Å². The molecule has 0 N–H and O–H groups in total. The van der Waals surface area contributed by atoms with Crippen molar-refractivity contribution in [2.45, 2.75) is 66.9 Å². The van der Waals surface area contributed by atoms with Crippen molar-refractivity contribution < 1.29 is 28.6 Å². The Balaban J connectivity index is 5.77. The maximum absolute atomic E-state index is 11.7. The number of allylic oxidation sites excluding steroid dienone is 1. The Morgan fingerprint density at radius 2 is 1.61 bits per heavy atom. The fourth-order valence-corrected chi connectivity index (χ4v) is 2.02. The fraction of sp³-hybridized carbons (Fsp3) is 0.500. The molecule has 0 aliphatic heterocycles. The molecule has 6 nitrogen and oxygen atoms in total. The fourth-order valence-electron chi connectivity index (χ4n) is 2.02. The molecule has 6 heteroatoms. The van der Waals surface area contributed by atoms with E-state index in [0.717, 1.165) is 18.3 Å². The zero-order valence-corrected chi connectivity index (χ0v) is 17.8. The second kappa shape index (κ2) is 12.6. The van der Waals surface area contributed by atoms with Gasteiger partial charge in [0.1, 0.15) is 11.9 Å². The molecule has 28 heavy (non-hydrogen) atoms. The average Bonchev–Trinajstić information content (AvgIpc) is 2.54. The average molecular weight is 390 g/mol. The van der Waals surface area contributed by atoms with E-state index in [9.17, 15) is 14.4 Å². The van der Waals surface area contributed by atoms with Crippen molar-refractivity contribution >= 4 is 17.9 Å². The van der Waals surface area contributed by atoms with E-state index in [2.05, 4.69) is 25.7 Å². The molecule has 0 heterocycles. The Kier molecular flexibility index (Phi) is 11.3. The highest BCUT2D eigenvalue weighted by Gasteiger charge is 2.31. The van der Waals surface area contributed by atoms with E-state index in [1.807, 2.05) is 13.0 Å². The molecule has 1 atom stereocenters. The van der Waals surface area contributed by atoms with Gasteiger partial charge in [0.05, 0.1) is 6.26 Å². The summed E-state index contributed by atoms with van der Waals surface area (Å²) in [7, 11) is 0. The van der Waals surface area contributed by atoms with E-state index < -0.39 is 23.5 Å². The quantitative estimate of drug-likeness (QED) is 0.203. The van der Waals surface area contributed by atoms with Crippen LogP contribution in [0.1, 0.15) is 61.3 Å². The van der Waals surface area contributed by atoms with Gasteiger partial charge in [-0.2, -0.15) is 0 Å². The van der Waals surface area contributed by atoms with Crippen LogP contribution in [-0.2, 0) is 28.6 Å². The van der Waals surface area contributed by atoms with Crippen molar-refractivity contribution in [2.24, 2.45) is 5.92 Å². The number of carbonyl (C=O) groups is 3. The van der Waals surface area contributed by atoms with Gasteiger partial charge in [-0.1, -0.05) is 31.8 Å². The Bertz CT molecular complexity index is 715. The summed E-state index contributed by atoms with van der Waals surface area (Å²) < 4.78 is 15.3. The lowest BCUT2D eigenvalue weighted by Crippen LogP contribution is -2.32. The van der Waals surface area contributed by atoms with Crippen molar-refractivity contribution in [2.75, 3.05) is 0 Å². The number of ether oxygens (including phenoxy) is 3. The first-order valence-corrected chi connectivity index (χ1v) is 9.03. The molecule has 0 aromatic rings. The summed E-state index contributed by atoms with van der Waals surface area (Å²) in [6.07, 6.45) is 6.66. The summed E-state index contributed by atoms with van der Waals surface area (Å²) in [6.45, 7) is 11.5. The van der Waals surface area contributed by atoms with Gasteiger partial charge in [-0.15, -0.1) is 0 Å². The molecule has 0 saturated carbocycles. The third-order valence-electron chi connectivity index (χ3n) is 3.41. The van der Waals surface area contributed by atoms with Gasteiger partial charge in [0.2, 0.25) is 0 Å². The first-order chi connectivity index (χ1) is 13.0. The molecule has 0 rings (SSSR count). The zero-order chi connectivity index (χ0) is 21.7. The van der Waals surface area contributed by atoms with Gasteiger partial charge in [-0.25, -0.2) is 0 Å². The maximum Gasteiger partial charge on any atom is 0.307 e. The molecular formula is C22H30O6. The smallest absolute Gasteiger partial charge is 0.307 e. The lowest BCUT2D eigenvalue weighted by atomic mass is 9.91.